The minimum absolute atomic E-state index is 0. The molecule has 0 aliphatic carbocycles. The molecule has 2 aromatic carbocycles. The van der Waals surface area contributed by atoms with Gasteiger partial charge in [-0.25, -0.2) is 8.42 Å². The van der Waals surface area contributed by atoms with Crippen molar-refractivity contribution in [3.63, 3.8) is 0 Å². The van der Waals surface area contributed by atoms with Gasteiger partial charge in [-0.1, -0.05) is 30.3 Å². The van der Waals surface area contributed by atoms with Gasteiger partial charge >= 0.3 is 51.4 Å². The quantitative estimate of drug-likeness (QED) is 0.379. The molecular formula is C10H7KO2S2. The first-order valence-corrected chi connectivity index (χ1v) is 6.43. The van der Waals surface area contributed by atoms with Crippen molar-refractivity contribution in [2.45, 2.75) is 4.90 Å². The molecule has 72 valence electrons. The van der Waals surface area contributed by atoms with Crippen molar-refractivity contribution in [3.05, 3.63) is 42.5 Å². The molecule has 0 radical (unpaired) electrons. The van der Waals surface area contributed by atoms with Gasteiger partial charge in [-0.2, -0.15) is 0 Å². The van der Waals surface area contributed by atoms with Crippen LogP contribution in [0.5, 0.6) is 0 Å². The molecule has 2 nitrogen and oxygen atoms in total. The zero-order chi connectivity index (χ0) is 10.2. The summed E-state index contributed by atoms with van der Waals surface area (Å²) in [5.41, 5.74) is 0. The van der Waals surface area contributed by atoms with E-state index in [1.165, 1.54) is 6.07 Å². The Morgan fingerprint density at radius 1 is 0.933 bits per heavy atom. The molecule has 0 N–H and O–H groups in total. The molecule has 15 heavy (non-hydrogen) atoms. The smallest absolute Gasteiger partial charge is 0.644 e. The summed E-state index contributed by atoms with van der Waals surface area (Å²) in [6, 6.07) is 12.4. The largest absolute Gasteiger partial charge is 1.00 e. The Balaban J connectivity index is 0.00000112. The predicted molar refractivity (Wildman–Crippen MR) is 58.5 cm³/mol. The molecule has 2 rings (SSSR count). The summed E-state index contributed by atoms with van der Waals surface area (Å²) in [6.45, 7) is 0. The average Bonchev–Trinajstić information content (AvgIpc) is 2.16. The van der Waals surface area contributed by atoms with Crippen molar-refractivity contribution in [2.75, 3.05) is 0 Å². The van der Waals surface area contributed by atoms with Crippen LogP contribution in [0.3, 0.4) is 0 Å². The second-order valence-corrected chi connectivity index (χ2v) is 5.66. The molecule has 0 aliphatic rings. The molecule has 0 unspecified atom stereocenters. The van der Waals surface area contributed by atoms with Gasteiger partial charge in [0.25, 0.3) is 0 Å². The predicted octanol–water partition coefficient (Wildman–Crippen LogP) is -0.921. The van der Waals surface area contributed by atoms with Gasteiger partial charge in [-0.3, -0.25) is 0 Å². The van der Waals surface area contributed by atoms with Crippen LogP contribution in [-0.4, -0.2) is 8.42 Å². The summed E-state index contributed by atoms with van der Waals surface area (Å²) in [5, 5.41) is 1.90. The van der Waals surface area contributed by atoms with Crippen molar-refractivity contribution in [1.82, 2.24) is 0 Å². The minimum Gasteiger partial charge on any atom is -0.644 e. The first kappa shape index (κ1) is 13.7. The fourth-order valence-corrected chi connectivity index (χ4v) is 2.14. The Morgan fingerprint density at radius 2 is 1.53 bits per heavy atom. The number of hydrogen-bond acceptors (Lipinski definition) is 3. The third-order valence-corrected chi connectivity index (χ3v) is 3.42. The van der Waals surface area contributed by atoms with Gasteiger partial charge in [-0.05, 0) is 22.9 Å². The molecule has 0 heterocycles. The van der Waals surface area contributed by atoms with Crippen LogP contribution in [0.1, 0.15) is 0 Å². The minimum atomic E-state index is -3.51. The summed E-state index contributed by atoms with van der Waals surface area (Å²) in [7, 11) is -3.51. The van der Waals surface area contributed by atoms with Crippen LogP contribution >= 0.6 is 0 Å². The maximum Gasteiger partial charge on any atom is 1.00 e. The Bertz CT molecular complexity index is 579. The number of fused-ring (bicyclic) bond motifs is 1. The molecule has 0 atom stereocenters. The van der Waals surface area contributed by atoms with Crippen LogP contribution in [0.25, 0.3) is 10.8 Å². The second-order valence-electron chi connectivity index (χ2n) is 2.96. The van der Waals surface area contributed by atoms with E-state index in [-0.39, 0.29) is 56.3 Å². The van der Waals surface area contributed by atoms with Crippen LogP contribution in [0, 0.1) is 0 Å². The standard InChI is InChI=1S/C10H8O2S2.K/c11-14(12,13)10-6-5-8-3-1-2-4-9(8)7-10;/h1-7H,(H,11,12,13);/q;+1/p-1. The molecule has 0 aliphatic heterocycles. The topological polar surface area (TPSA) is 34.1 Å². The maximum absolute atomic E-state index is 11.1. The first-order chi connectivity index (χ1) is 6.57. The Kier molecular flexibility index (Phi) is 4.85. The molecule has 5 heteroatoms. The fourth-order valence-electron chi connectivity index (χ4n) is 1.32. The van der Waals surface area contributed by atoms with Crippen molar-refractivity contribution >= 4 is 31.3 Å². The average molecular weight is 262 g/mol. The van der Waals surface area contributed by atoms with E-state index in [1.807, 2.05) is 24.3 Å². The molecule has 0 aromatic heterocycles. The molecule has 0 spiro atoms. The molecule has 0 bridgehead atoms. The van der Waals surface area contributed by atoms with Crippen LogP contribution in [0.15, 0.2) is 47.4 Å². The van der Waals surface area contributed by atoms with Gasteiger partial charge in [0.2, 0.25) is 0 Å². The van der Waals surface area contributed by atoms with Gasteiger partial charge < -0.3 is 11.7 Å². The fraction of sp³-hybridized carbons (Fsp3) is 0. The summed E-state index contributed by atoms with van der Waals surface area (Å²) in [6.07, 6.45) is 0. The molecule has 0 saturated carbocycles. The number of rotatable bonds is 1. The van der Waals surface area contributed by atoms with E-state index in [0.29, 0.717) is 0 Å². The zero-order valence-corrected chi connectivity index (χ0v) is 12.9. The second kappa shape index (κ2) is 5.31. The molecule has 2 aromatic rings. The van der Waals surface area contributed by atoms with E-state index in [4.69, 9.17) is 0 Å². The first-order valence-electron chi connectivity index (χ1n) is 4.02. The third-order valence-electron chi connectivity index (χ3n) is 2.01. The van der Waals surface area contributed by atoms with Gasteiger partial charge in [0.05, 0.1) is 8.87 Å². The van der Waals surface area contributed by atoms with Gasteiger partial charge in [-0.15, -0.1) is 0 Å². The van der Waals surface area contributed by atoms with E-state index >= 15 is 0 Å². The van der Waals surface area contributed by atoms with Gasteiger partial charge in [0.1, 0.15) is 0 Å². The van der Waals surface area contributed by atoms with E-state index < -0.39 is 8.87 Å². The van der Waals surface area contributed by atoms with Crippen molar-refractivity contribution in [2.24, 2.45) is 0 Å². The molecule has 0 saturated heterocycles. The van der Waals surface area contributed by atoms with E-state index in [2.05, 4.69) is 11.7 Å². The van der Waals surface area contributed by atoms with Crippen LogP contribution < -0.4 is 51.4 Å². The summed E-state index contributed by atoms with van der Waals surface area (Å²) in [5.74, 6) is 0. The van der Waals surface area contributed by atoms with Crippen LogP contribution in [0.2, 0.25) is 0 Å². The zero-order valence-electron chi connectivity index (χ0n) is 8.17. The normalized spacial score (nSPS) is 11.0. The van der Waals surface area contributed by atoms with Crippen molar-refractivity contribution < 1.29 is 59.8 Å². The van der Waals surface area contributed by atoms with E-state index in [1.54, 1.807) is 12.1 Å². The monoisotopic (exact) mass is 262 g/mol. The summed E-state index contributed by atoms with van der Waals surface area (Å²) < 4.78 is 22.2. The summed E-state index contributed by atoms with van der Waals surface area (Å²) in [4.78, 5) is 0.186. The number of hydrogen-bond donors (Lipinski definition) is 0. The van der Waals surface area contributed by atoms with Crippen molar-refractivity contribution in [3.8, 4) is 0 Å². The molecule has 0 amide bonds. The van der Waals surface area contributed by atoms with E-state index in [0.717, 1.165) is 10.8 Å². The third kappa shape index (κ3) is 3.29. The maximum atomic E-state index is 11.1. The van der Waals surface area contributed by atoms with Gasteiger partial charge in [0, 0.05) is 4.90 Å². The summed E-state index contributed by atoms with van der Waals surface area (Å²) >= 11 is 4.39. The Morgan fingerprint density at radius 3 is 2.13 bits per heavy atom. The van der Waals surface area contributed by atoms with E-state index in [9.17, 15) is 8.42 Å². The Labute approximate surface area is 136 Å². The van der Waals surface area contributed by atoms with Gasteiger partial charge in [0.15, 0.2) is 0 Å². The SMILES string of the molecule is O=S(=O)([S-])c1ccc2ccccc2c1.[K+]. The number of benzene rings is 2. The molecule has 0 fully saturated rings. The van der Waals surface area contributed by atoms with Crippen molar-refractivity contribution in [1.29, 1.82) is 0 Å². The molecular weight excluding hydrogens is 255 g/mol. The Hall–Kier alpha value is 0.636. The van der Waals surface area contributed by atoms with Crippen LogP contribution in [-0.2, 0) is 20.5 Å². The van der Waals surface area contributed by atoms with Crippen LogP contribution in [0.4, 0.5) is 0 Å².